The van der Waals surface area contributed by atoms with Crippen molar-refractivity contribution in [2.24, 2.45) is 0 Å². The average Bonchev–Trinajstić information content (AvgIpc) is 1.55. The second-order valence-electron chi connectivity index (χ2n) is 27.2. The van der Waals surface area contributed by atoms with Crippen LogP contribution in [0.1, 0.15) is 153 Å². The van der Waals surface area contributed by atoms with E-state index in [-0.39, 0.29) is 110 Å². The topological polar surface area (TPSA) is 64.5 Å². The second-order valence-corrected chi connectivity index (χ2v) is 31.0. The molecule has 0 bridgehead atoms. The van der Waals surface area contributed by atoms with E-state index in [0.717, 1.165) is 88.2 Å². The fourth-order valence-corrected chi connectivity index (χ4v) is 18.0. The van der Waals surface area contributed by atoms with E-state index >= 15 is 4.39 Å². The third-order valence-corrected chi connectivity index (χ3v) is 23.7. The van der Waals surface area contributed by atoms with Gasteiger partial charge in [0.25, 0.3) is 0 Å². The number of halogens is 1. The predicted octanol–water partition coefficient (Wildman–Crippen LogP) is 19.6. The van der Waals surface area contributed by atoms with E-state index < -0.39 is 11.1 Å². The van der Waals surface area contributed by atoms with Crippen molar-refractivity contribution < 1.29 is 98.5 Å². The molecule has 0 amide bonds. The van der Waals surface area contributed by atoms with Gasteiger partial charge in [0.15, 0.2) is 5.67 Å². The minimum Gasteiger partial charge on any atom is 0 e. The van der Waals surface area contributed by atoms with Crippen LogP contribution in [0.15, 0.2) is 322 Å². The first-order chi connectivity index (χ1) is 50.6. The van der Waals surface area contributed by atoms with E-state index in [0.29, 0.717) is 16.8 Å². The number of benzene rings is 9. The van der Waals surface area contributed by atoms with Gasteiger partial charge in [-0.3, -0.25) is 15.0 Å². The first-order valence-corrected chi connectivity index (χ1v) is 39.5. The minimum atomic E-state index is -1.80. The molecule has 2 aliphatic carbocycles. The molecule has 5 aromatic heterocycles. The number of pyridine rings is 5. The van der Waals surface area contributed by atoms with E-state index in [4.69, 9.17) is 19.9 Å². The van der Waals surface area contributed by atoms with E-state index in [9.17, 15) is 0 Å². The predicted molar refractivity (Wildman–Crippen MR) is 429 cm³/mol. The number of hydrogen-bond acceptors (Lipinski definition) is 5. The summed E-state index contributed by atoms with van der Waals surface area (Å²) in [6.45, 7) is 16.9. The number of nitrogens with zero attached hydrogens (tertiary/aromatic N) is 5. The van der Waals surface area contributed by atoms with Gasteiger partial charge < -0.3 is 0 Å². The fourth-order valence-electron chi connectivity index (χ4n) is 15.0. The zero-order chi connectivity index (χ0) is 72.7. The summed E-state index contributed by atoms with van der Waals surface area (Å²) in [6, 6.07) is 119. The van der Waals surface area contributed by atoms with E-state index in [1.807, 2.05) is 92.7 Å². The molecule has 0 spiro atoms. The van der Waals surface area contributed by atoms with Crippen LogP contribution in [-0.2, 0) is 85.9 Å². The maximum Gasteiger partial charge on any atom is 0 e. The Hall–Kier alpha value is -6.66. The molecule has 2 atom stereocenters. The Bertz CT molecular complexity index is 4910. The Morgan fingerprint density at radius 2 is 0.822 bits per heavy atom. The van der Waals surface area contributed by atoms with E-state index in [1.165, 1.54) is 85.9 Å². The largest absolute Gasteiger partial charge is 0 e. The molecular formula is C96H87FGaInLaN5ScY-3. The molecule has 1 fully saturated rings. The van der Waals surface area contributed by atoms with Crippen LogP contribution in [0.25, 0.3) is 11.1 Å². The van der Waals surface area contributed by atoms with Crippen LogP contribution in [0.4, 0.5) is 4.39 Å². The van der Waals surface area contributed by atoms with Gasteiger partial charge in [-0.2, -0.15) is 91.0 Å². The maximum absolute atomic E-state index is 16.1. The van der Waals surface area contributed by atoms with Crippen LogP contribution in [0.2, 0.25) is 0 Å². The van der Waals surface area contributed by atoms with Crippen LogP contribution in [-0.4, -0.2) is 67.9 Å². The molecule has 0 N–H and O–H groups in total. The summed E-state index contributed by atoms with van der Waals surface area (Å²) in [6.07, 6.45) is 4.70. The molecular weight excluding hydrogens is 1700 g/mol. The molecule has 1 saturated carbocycles. The van der Waals surface area contributed by atoms with Crippen LogP contribution in [0.3, 0.4) is 0 Å². The normalized spacial score (nSPS) is 13.4. The Morgan fingerprint density at radius 1 is 0.411 bits per heavy atom. The van der Waals surface area contributed by atoms with Gasteiger partial charge in [0.2, 0.25) is 0 Å². The van der Waals surface area contributed by atoms with Gasteiger partial charge in [0.05, 0.1) is 22.5 Å². The molecule has 0 aliphatic heterocycles. The summed E-state index contributed by atoms with van der Waals surface area (Å²) in [5, 5.41) is 0. The van der Waals surface area contributed by atoms with Crippen LogP contribution < -0.4 is 7.44 Å². The van der Waals surface area contributed by atoms with Crippen LogP contribution in [0, 0.1) is 88.4 Å². The molecule has 0 saturated heterocycles. The summed E-state index contributed by atoms with van der Waals surface area (Å²) >= 11 is 2.07. The van der Waals surface area contributed by atoms with E-state index in [1.54, 1.807) is 33.7 Å². The van der Waals surface area contributed by atoms with Gasteiger partial charge in [-0.25, -0.2) is 4.39 Å². The molecule has 9 aromatic carbocycles. The molecule has 5 radical (unpaired) electrons. The monoisotopic (exact) mass is 1790 g/mol. The van der Waals surface area contributed by atoms with Gasteiger partial charge in [0.1, 0.15) is 0 Å². The molecule has 2 unspecified atom stereocenters. The number of hydrogen-bond donors (Lipinski definition) is 0. The average molecular weight is 1790 g/mol. The third-order valence-electron chi connectivity index (χ3n) is 20.6. The van der Waals surface area contributed by atoms with Crippen LogP contribution >= 0.6 is 0 Å². The van der Waals surface area contributed by atoms with Crippen molar-refractivity contribution in [3.05, 3.63) is 447 Å². The summed E-state index contributed by atoms with van der Waals surface area (Å²) in [7, 11) is 0. The molecule has 11 heteroatoms. The standard InChI is InChI=1S/C25H18N.C20H18N.C19H15FN.C17H20N.C15H14N.Ga.In.La.Sc.Y.2H/c1-18-10-9-17-24(26-18)25(19-11-3-2-4-12-19)22-15-7-5-13-20(22)21-14-6-8-16-23(21)25;1-16-10-9-15-19(21-16)20(2,17-11-5-3-6-12-17)18-13-7-4-8-14-18;1-15-9-8-14-18(21-15)19(20,16-10-4-2-5-11-16)17-12-6-3-7-13-17;1-4-17(5-2,15-11-7-6-8-12-15)16-13-9-10-14(3)18-16;1-12-6-5-9-14(16-12)15(10-11-15)13-7-3-2-4-8-13;;;;;;;/h2-11,13-17H,1H3;3-13,15H,1-2H3;2-12,14H,1H3;6-11,13H,4-5H2,1-3H3;2-7,9H,10-11H2,1H3;;;;;;;/q3*-1;;;;;;;;;. The second kappa shape index (κ2) is 38.8. The first-order valence-electron chi connectivity index (χ1n) is 36.0. The smallest absolute Gasteiger partial charge is 0 e. The quantitative estimate of drug-likeness (QED) is 0.0802. The Balaban J connectivity index is 0.000000155. The molecule has 5 heterocycles. The van der Waals surface area contributed by atoms with E-state index in [2.05, 4.69) is 277 Å². The zero-order valence-corrected chi connectivity index (χ0v) is 78.0. The molecule has 14 aromatic rings. The van der Waals surface area contributed by atoms with Crippen molar-refractivity contribution in [3.8, 4) is 11.1 Å². The fraction of sp³-hybridized carbons (Fsp3) is 0.177. The summed E-state index contributed by atoms with van der Waals surface area (Å²) in [5.74, 6) is 0. The van der Waals surface area contributed by atoms with Gasteiger partial charge >= 0.3 is 243 Å². The summed E-state index contributed by atoms with van der Waals surface area (Å²) in [5.41, 5.74) is 20.5. The zero-order valence-electron chi connectivity index (χ0n) is 62.7. The van der Waals surface area contributed by atoms with Crippen molar-refractivity contribution in [1.82, 2.24) is 24.9 Å². The molecule has 107 heavy (non-hydrogen) atoms. The number of aromatic nitrogens is 5. The Labute approximate surface area is 731 Å². The van der Waals surface area contributed by atoms with Gasteiger partial charge in [0, 0.05) is 117 Å². The SMILES string of the molecule is CCC(CC)(c1cccc(C)n1)c1cccc[c]1[GaH].Cc1cccc(C(C)(c2[c-]cccc2)c2ccccc2)n1.Cc1cccc(C(F)(c2[c-]cccc2)c2ccccc2)n1.Cc1cccc(C2(c3[c-]cccc3)c3ccccc3-c3ccccc32)n1.Cc1cccc(C2(c3cccc[c]3[InH])CC2)n1.[La].[Sc].[Y]. The maximum atomic E-state index is 16.1. The summed E-state index contributed by atoms with van der Waals surface area (Å²) < 4.78 is 19.1. The van der Waals surface area contributed by atoms with Crippen molar-refractivity contribution in [1.29, 1.82) is 0 Å². The number of fused-ring (bicyclic) bond motifs is 3. The Morgan fingerprint density at radius 3 is 1.32 bits per heavy atom. The molecule has 5 nitrogen and oxygen atoms in total. The number of alkyl halides is 1. The minimum absolute atomic E-state index is 0. The van der Waals surface area contributed by atoms with Gasteiger partial charge in [-0.1, -0.05) is 127 Å². The van der Waals surface area contributed by atoms with Crippen molar-refractivity contribution >= 4 is 50.4 Å². The van der Waals surface area contributed by atoms with Crippen molar-refractivity contribution in [2.45, 2.75) is 108 Å². The first kappa shape index (κ1) is 84.4. The van der Waals surface area contributed by atoms with Crippen molar-refractivity contribution in [3.63, 3.8) is 0 Å². The Kier molecular flexibility index (Phi) is 30.6. The molecule has 2 aliphatic rings. The molecule has 521 valence electrons. The van der Waals surface area contributed by atoms with Crippen LogP contribution in [0.5, 0.6) is 0 Å². The summed E-state index contributed by atoms with van der Waals surface area (Å²) in [4.78, 5) is 23.7. The number of aryl methyl sites for hydroxylation is 5. The third kappa shape index (κ3) is 18.4. The molecule has 16 rings (SSSR count). The van der Waals surface area contributed by atoms with Gasteiger partial charge in [-0.05, 0) is 97.5 Å². The van der Waals surface area contributed by atoms with Gasteiger partial charge in [-0.15, -0.1) is 16.7 Å². The number of rotatable bonds is 14. The van der Waals surface area contributed by atoms with Crippen molar-refractivity contribution in [2.75, 3.05) is 0 Å².